The SMILES string of the molecule is CCc1c(Cn2ccnc2-c2nccs2)nc2ccc(C#N)cn12. The van der Waals surface area contributed by atoms with Gasteiger partial charge in [0.2, 0.25) is 0 Å². The highest BCUT2D eigenvalue weighted by atomic mass is 32.1. The highest BCUT2D eigenvalue weighted by molar-refractivity contribution is 7.13. The van der Waals surface area contributed by atoms with Crippen LogP contribution in [0.3, 0.4) is 0 Å². The van der Waals surface area contributed by atoms with Crippen LogP contribution in [-0.4, -0.2) is 23.9 Å². The molecule has 4 aromatic rings. The molecular weight excluding hydrogens is 320 g/mol. The number of imidazole rings is 2. The van der Waals surface area contributed by atoms with Gasteiger partial charge in [0.05, 0.1) is 17.8 Å². The van der Waals surface area contributed by atoms with Gasteiger partial charge in [-0.25, -0.2) is 15.0 Å². The Kier molecular flexibility index (Phi) is 3.59. The van der Waals surface area contributed by atoms with E-state index in [0.717, 1.165) is 34.3 Å². The van der Waals surface area contributed by atoms with E-state index in [2.05, 4.69) is 27.5 Å². The fraction of sp³-hybridized carbons (Fsp3) is 0.176. The number of hydrogen-bond acceptors (Lipinski definition) is 5. The van der Waals surface area contributed by atoms with Crippen molar-refractivity contribution in [2.45, 2.75) is 19.9 Å². The van der Waals surface area contributed by atoms with Gasteiger partial charge in [-0.3, -0.25) is 0 Å². The predicted octanol–water partition coefficient (Wildman–Crippen LogP) is 3.14. The predicted molar refractivity (Wildman–Crippen MR) is 91.7 cm³/mol. The lowest BCUT2D eigenvalue weighted by atomic mass is 10.2. The van der Waals surface area contributed by atoms with Crippen molar-refractivity contribution in [1.82, 2.24) is 23.9 Å². The van der Waals surface area contributed by atoms with Crippen LogP contribution in [0.25, 0.3) is 16.5 Å². The van der Waals surface area contributed by atoms with E-state index in [4.69, 9.17) is 10.2 Å². The Morgan fingerprint density at radius 3 is 2.92 bits per heavy atom. The zero-order valence-electron chi connectivity index (χ0n) is 13.0. The number of thiazole rings is 1. The molecule has 0 saturated carbocycles. The molecule has 0 atom stereocenters. The number of aromatic nitrogens is 5. The molecule has 4 aromatic heterocycles. The van der Waals surface area contributed by atoms with Crippen LogP contribution in [0.2, 0.25) is 0 Å². The summed E-state index contributed by atoms with van der Waals surface area (Å²) >= 11 is 1.57. The molecule has 0 saturated heterocycles. The molecule has 118 valence electrons. The summed E-state index contributed by atoms with van der Waals surface area (Å²) in [4.78, 5) is 13.5. The van der Waals surface area contributed by atoms with E-state index >= 15 is 0 Å². The van der Waals surface area contributed by atoms with Gasteiger partial charge in [-0.05, 0) is 18.6 Å². The summed E-state index contributed by atoms with van der Waals surface area (Å²) in [6, 6.07) is 5.86. The summed E-state index contributed by atoms with van der Waals surface area (Å²) in [5.41, 5.74) is 3.59. The summed E-state index contributed by atoms with van der Waals surface area (Å²) in [6.45, 7) is 2.73. The summed E-state index contributed by atoms with van der Waals surface area (Å²) in [5.74, 6) is 0.849. The van der Waals surface area contributed by atoms with E-state index in [1.807, 2.05) is 28.2 Å². The molecule has 0 amide bonds. The molecule has 0 aliphatic carbocycles. The van der Waals surface area contributed by atoms with E-state index in [0.29, 0.717) is 12.1 Å². The van der Waals surface area contributed by atoms with Crippen LogP contribution in [0.4, 0.5) is 0 Å². The summed E-state index contributed by atoms with van der Waals surface area (Å²) in [7, 11) is 0. The Hall–Kier alpha value is -2.98. The number of hydrogen-bond donors (Lipinski definition) is 0. The van der Waals surface area contributed by atoms with Gasteiger partial charge in [-0.2, -0.15) is 5.26 Å². The first-order valence-corrected chi connectivity index (χ1v) is 8.49. The first-order valence-electron chi connectivity index (χ1n) is 7.61. The molecule has 0 aliphatic heterocycles. The zero-order valence-corrected chi connectivity index (χ0v) is 13.9. The smallest absolute Gasteiger partial charge is 0.169 e. The fourth-order valence-electron chi connectivity index (χ4n) is 2.84. The average molecular weight is 334 g/mol. The fourth-order valence-corrected chi connectivity index (χ4v) is 3.49. The second-order valence-electron chi connectivity index (χ2n) is 5.33. The van der Waals surface area contributed by atoms with Crippen molar-refractivity contribution in [2.75, 3.05) is 0 Å². The van der Waals surface area contributed by atoms with Gasteiger partial charge >= 0.3 is 0 Å². The maximum Gasteiger partial charge on any atom is 0.169 e. The minimum atomic E-state index is 0.627. The molecule has 0 unspecified atom stereocenters. The van der Waals surface area contributed by atoms with E-state index < -0.39 is 0 Å². The number of pyridine rings is 1. The molecule has 0 N–H and O–H groups in total. The summed E-state index contributed by atoms with van der Waals surface area (Å²) < 4.78 is 4.07. The normalized spacial score (nSPS) is 11.0. The molecule has 0 aliphatic rings. The van der Waals surface area contributed by atoms with E-state index in [-0.39, 0.29) is 0 Å². The van der Waals surface area contributed by atoms with E-state index in [9.17, 15) is 0 Å². The Balaban J connectivity index is 1.78. The molecule has 0 fully saturated rings. The van der Waals surface area contributed by atoms with Crippen molar-refractivity contribution in [3.8, 4) is 16.9 Å². The van der Waals surface area contributed by atoms with Gasteiger partial charge in [0.25, 0.3) is 0 Å². The molecule has 0 radical (unpaired) electrons. The molecule has 24 heavy (non-hydrogen) atoms. The Morgan fingerprint density at radius 1 is 1.25 bits per heavy atom. The van der Waals surface area contributed by atoms with Gasteiger partial charge < -0.3 is 8.97 Å². The largest absolute Gasteiger partial charge is 0.323 e. The Bertz CT molecular complexity index is 1040. The Labute approximate surface area is 142 Å². The lowest BCUT2D eigenvalue weighted by molar-refractivity contribution is 0.771. The van der Waals surface area contributed by atoms with Gasteiger partial charge in [0.15, 0.2) is 10.8 Å². The van der Waals surface area contributed by atoms with Crippen LogP contribution >= 0.6 is 11.3 Å². The monoisotopic (exact) mass is 334 g/mol. The van der Waals surface area contributed by atoms with Crippen LogP contribution in [-0.2, 0) is 13.0 Å². The third-order valence-corrected chi connectivity index (χ3v) is 4.69. The average Bonchev–Trinajstić information content (AvgIpc) is 3.33. The van der Waals surface area contributed by atoms with Gasteiger partial charge in [-0.15, -0.1) is 11.3 Å². The van der Waals surface area contributed by atoms with Crippen molar-refractivity contribution >= 4 is 17.0 Å². The van der Waals surface area contributed by atoms with Gasteiger partial charge in [0, 0.05) is 35.9 Å². The third-order valence-electron chi connectivity index (χ3n) is 3.92. The van der Waals surface area contributed by atoms with Crippen molar-refractivity contribution in [2.24, 2.45) is 0 Å². The zero-order chi connectivity index (χ0) is 16.5. The minimum Gasteiger partial charge on any atom is -0.323 e. The molecule has 0 aromatic carbocycles. The minimum absolute atomic E-state index is 0.627. The van der Waals surface area contributed by atoms with Crippen LogP contribution in [0.5, 0.6) is 0 Å². The van der Waals surface area contributed by atoms with Crippen LogP contribution < -0.4 is 0 Å². The second kappa shape index (κ2) is 5.91. The molecule has 0 spiro atoms. The molecular formula is C17H14N6S. The second-order valence-corrected chi connectivity index (χ2v) is 6.23. The molecule has 7 heteroatoms. The van der Waals surface area contributed by atoms with E-state index in [1.54, 1.807) is 29.8 Å². The first kappa shape index (κ1) is 14.6. The van der Waals surface area contributed by atoms with E-state index in [1.165, 1.54) is 0 Å². The quantitative estimate of drug-likeness (QED) is 0.575. The summed E-state index contributed by atoms with van der Waals surface area (Å²) in [5, 5.41) is 12.0. The molecule has 4 rings (SSSR count). The number of aryl methyl sites for hydroxylation is 1. The van der Waals surface area contributed by atoms with Crippen LogP contribution in [0.1, 0.15) is 23.9 Å². The number of nitrogens with zero attached hydrogens (tertiary/aromatic N) is 6. The molecule has 6 nitrogen and oxygen atoms in total. The van der Waals surface area contributed by atoms with Gasteiger partial charge in [-0.1, -0.05) is 6.92 Å². The summed E-state index contributed by atoms with van der Waals surface area (Å²) in [6.07, 6.45) is 8.20. The topological polar surface area (TPSA) is 71.8 Å². The lowest BCUT2D eigenvalue weighted by Gasteiger charge is -2.06. The van der Waals surface area contributed by atoms with Crippen molar-refractivity contribution in [3.05, 3.63) is 59.3 Å². The first-order chi connectivity index (χ1) is 11.8. The van der Waals surface area contributed by atoms with Crippen LogP contribution in [0, 0.1) is 11.3 Å². The number of nitriles is 1. The lowest BCUT2D eigenvalue weighted by Crippen LogP contribution is -2.04. The maximum absolute atomic E-state index is 9.12. The molecule has 4 heterocycles. The third kappa shape index (κ3) is 2.37. The maximum atomic E-state index is 9.12. The van der Waals surface area contributed by atoms with Crippen molar-refractivity contribution in [1.29, 1.82) is 5.26 Å². The highest BCUT2D eigenvalue weighted by Gasteiger charge is 2.15. The Morgan fingerprint density at radius 2 is 2.17 bits per heavy atom. The highest BCUT2D eigenvalue weighted by Crippen LogP contribution is 2.22. The number of rotatable bonds is 4. The van der Waals surface area contributed by atoms with Crippen molar-refractivity contribution in [3.63, 3.8) is 0 Å². The van der Waals surface area contributed by atoms with Gasteiger partial charge in [0.1, 0.15) is 11.7 Å². The van der Waals surface area contributed by atoms with Crippen LogP contribution in [0.15, 0.2) is 42.3 Å². The molecule has 0 bridgehead atoms. The number of fused-ring (bicyclic) bond motifs is 1. The standard InChI is InChI=1S/C17H14N6S/c1-2-14-13(21-15-4-3-12(9-18)10-23(14)15)11-22-7-5-19-16(22)17-20-6-8-24-17/h3-8,10H,2,11H2,1H3. The van der Waals surface area contributed by atoms with Crippen molar-refractivity contribution < 1.29 is 0 Å².